The molecule has 28 heavy (non-hydrogen) atoms. The van der Waals surface area contributed by atoms with Gasteiger partial charge in [-0.05, 0) is 23.8 Å². The van der Waals surface area contributed by atoms with Crippen molar-refractivity contribution in [3.8, 4) is 0 Å². The second-order valence-electron chi connectivity index (χ2n) is 7.02. The van der Waals surface area contributed by atoms with Gasteiger partial charge < -0.3 is 10.4 Å². The van der Waals surface area contributed by atoms with E-state index in [1.807, 2.05) is 66.7 Å². The van der Waals surface area contributed by atoms with Crippen LogP contribution in [0.15, 0.2) is 77.8 Å². The molecule has 5 rings (SSSR count). The number of carbonyl (C=O) groups is 1. The number of nitrogens with zero attached hydrogens (tertiary/aromatic N) is 2. The fraction of sp³-hybridized carbons (Fsp3) is 0.130. The predicted octanol–water partition coefficient (Wildman–Crippen LogP) is 3.66. The first-order valence-corrected chi connectivity index (χ1v) is 9.26. The molecule has 0 aromatic heterocycles. The van der Waals surface area contributed by atoms with E-state index in [-0.39, 0.29) is 5.91 Å². The summed E-state index contributed by atoms with van der Waals surface area (Å²) in [4.78, 5) is 19.2. The van der Waals surface area contributed by atoms with Crippen molar-refractivity contribution in [1.29, 1.82) is 0 Å². The molecule has 1 atom stereocenters. The summed E-state index contributed by atoms with van der Waals surface area (Å²) < 4.78 is 0. The largest absolute Gasteiger partial charge is 0.378 e. The molecule has 0 aliphatic carbocycles. The molecule has 2 heterocycles. The summed E-state index contributed by atoms with van der Waals surface area (Å²) in [7, 11) is 0. The van der Waals surface area contributed by atoms with Gasteiger partial charge in [0.15, 0.2) is 5.72 Å². The zero-order valence-electron chi connectivity index (χ0n) is 15.2. The van der Waals surface area contributed by atoms with Gasteiger partial charge in [-0.2, -0.15) is 0 Å². The lowest BCUT2D eigenvalue weighted by molar-refractivity contribution is -0.0542. The van der Waals surface area contributed by atoms with Gasteiger partial charge in [0, 0.05) is 29.4 Å². The second kappa shape index (κ2) is 6.32. The minimum absolute atomic E-state index is 0.179. The molecule has 3 aromatic rings. The van der Waals surface area contributed by atoms with Crippen molar-refractivity contribution >= 4 is 23.5 Å². The fourth-order valence-electron chi connectivity index (χ4n) is 3.98. The van der Waals surface area contributed by atoms with Crippen LogP contribution < -0.4 is 5.32 Å². The van der Waals surface area contributed by atoms with E-state index in [0.29, 0.717) is 29.8 Å². The monoisotopic (exact) mass is 369 g/mol. The topological polar surface area (TPSA) is 64.9 Å². The molecular weight excluding hydrogens is 350 g/mol. The molecular formula is C23H19N3O2. The average Bonchev–Trinajstić information content (AvgIpc) is 2.97. The third-order valence-electron chi connectivity index (χ3n) is 5.37. The first-order valence-electron chi connectivity index (χ1n) is 9.26. The molecule has 2 aliphatic heterocycles. The number of carbonyl (C=O) groups excluding carboxylic acids is 1. The zero-order chi connectivity index (χ0) is 19.1. The number of amides is 1. The highest BCUT2D eigenvalue weighted by Crippen LogP contribution is 2.44. The lowest BCUT2D eigenvalue weighted by atomic mass is 9.92. The number of aliphatic imine (C=N–C) groups is 1. The zero-order valence-corrected chi connectivity index (χ0v) is 15.2. The van der Waals surface area contributed by atoms with Gasteiger partial charge >= 0.3 is 0 Å². The van der Waals surface area contributed by atoms with Crippen molar-refractivity contribution in [2.24, 2.45) is 4.99 Å². The van der Waals surface area contributed by atoms with Crippen molar-refractivity contribution in [2.75, 3.05) is 11.9 Å². The molecule has 2 N–H and O–H groups in total. The minimum Gasteiger partial charge on any atom is -0.378 e. The van der Waals surface area contributed by atoms with Crippen LogP contribution in [0.5, 0.6) is 0 Å². The van der Waals surface area contributed by atoms with Crippen LogP contribution in [-0.2, 0) is 12.3 Å². The average molecular weight is 369 g/mol. The molecule has 0 bridgehead atoms. The van der Waals surface area contributed by atoms with Gasteiger partial charge in [-0.3, -0.25) is 14.7 Å². The Bertz CT molecular complexity index is 1090. The van der Waals surface area contributed by atoms with E-state index in [0.717, 1.165) is 16.9 Å². The van der Waals surface area contributed by atoms with E-state index in [4.69, 9.17) is 0 Å². The minimum atomic E-state index is -1.55. The first-order chi connectivity index (χ1) is 13.7. The van der Waals surface area contributed by atoms with E-state index in [1.165, 1.54) is 4.90 Å². The highest BCUT2D eigenvalue weighted by molar-refractivity contribution is 6.00. The van der Waals surface area contributed by atoms with Gasteiger partial charge in [-0.25, -0.2) is 0 Å². The standard InChI is InChI=1S/C23H19N3O2/c27-22-18-8-4-5-9-19(18)23(28,26(22)15-16-6-2-1-3-7-16)17-10-11-20-21(14-17)25-13-12-24-20/h1-11,13-14,24,28H,12,15H2. The summed E-state index contributed by atoms with van der Waals surface area (Å²) in [6.45, 7) is 0.988. The lowest BCUT2D eigenvalue weighted by Gasteiger charge is -2.35. The maximum Gasteiger partial charge on any atom is 0.257 e. The van der Waals surface area contributed by atoms with Gasteiger partial charge in [0.1, 0.15) is 0 Å². The van der Waals surface area contributed by atoms with E-state index in [9.17, 15) is 9.90 Å². The van der Waals surface area contributed by atoms with Crippen LogP contribution in [0, 0.1) is 0 Å². The third-order valence-corrected chi connectivity index (χ3v) is 5.37. The van der Waals surface area contributed by atoms with E-state index in [2.05, 4.69) is 10.3 Å². The molecule has 3 aromatic carbocycles. The maximum absolute atomic E-state index is 13.2. The number of hydrogen-bond acceptors (Lipinski definition) is 4. The number of nitrogens with one attached hydrogen (secondary N) is 1. The lowest BCUT2D eigenvalue weighted by Crippen LogP contribution is -2.44. The number of fused-ring (bicyclic) bond motifs is 2. The summed E-state index contributed by atoms with van der Waals surface area (Å²) in [6, 6.07) is 22.6. The number of anilines is 1. The van der Waals surface area contributed by atoms with Crippen molar-refractivity contribution in [3.63, 3.8) is 0 Å². The molecule has 5 nitrogen and oxygen atoms in total. The van der Waals surface area contributed by atoms with Gasteiger partial charge in [0.05, 0.1) is 17.9 Å². The van der Waals surface area contributed by atoms with Crippen LogP contribution in [0.3, 0.4) is 0 Å². The van der Waals surface area contributed by atoms with Crippen LogP contribution >= 0.6 is 0 Å². The SMILES string of the molecule is O=C1c2ccccc2C(O)(c2ccc3c(c2)N=CCN3)N1Cc1ccccc1. The van der Waals surface area contributed by atoms with Gasteiger partial charge in [0.25, 0.3) is 5.91 Å². The molecule has 0 saturated heterocycles. The van der Waals surface area contributed by atoms with Gasteiger partial charge in [-0.1, -0.05) is 54.6 Å². The molecule has 1 amide bonds. The van der Waals surface area contributed by atoms with Gasteiger partial charge in [0.2, 0.25) is 0 Å². The van der Waals surface area contributed by atoms with E-state index in [1.54, 1.807) is 12.3 Å². The molecule has 0 spiro atoms. The van der Waals surface area contributed by atoms with E-state index >= 15 is 0 Å². The Labute approximate surface area is 163 Å². The van der Waals surface area contributed by atoms with Crippen molar-refractivity contribution in [1.82, 2.24) is 4.90 Å². The van der Waals surface area contributed by atoms with Crippen LogP contribution in [0.4, 0.5) is 11.4 Å². The summed E-state index contributed by atoms with van der Waals surface area (Å²) in [5.74, 6) is -0.179. The molecule has 0 radical (unpaired) electrons. The summed E-state index contributed by atoms with van der Waals surface area (Å²) in [5.41, 5.74) is 2.84. The highest BCUT2D eigenvalue weighted by atomic mass is 16.3. The number of benzene rings is 3. The molecule has 2 aliphatic rings. The van der Waals surface area contributed by atoms with Crippen LogP contribution in [0.2, 0.25) is 0 Å². The van der Waals surface area contributed by atoms with Crippen LogP contribution in [-0.4, -0.2) is 28.7 Å². The molecule has 1 unspecified atom stereocenters. The Kier molecular flexibility index (Phi) is 3.77. The Morgan fingerprint density at radius 2 is 1.82 bits per heavy atom. The van der Waals surface area contributed by atoms with E-state index < -0.39 is 5.72 Å². The maximum atomic E-state index is 13.2. The molecule has 138 valence electrons. The summed E-state index contributed by atoms with van der Waals surface area (Å²) in [6.07, 6.45) is 1.80. The summed E-state index contributed by atoms with van der Waals surface area (Å²) in [5, 5.41) is 15.2. The molecule has 0 saturated carbocycles. The predicted molar refractivity (Wildman–Crippen MR) is 109 cm³/mol. The first kappa shape index (κ1) is 16.7. The van der Waals surface area contributed by atoms with Crippen molar-refractivity contribution in [3.05, 3.63) is 95.1 Å². The normalized spacial score (nSPS) is 19.9. The summed E-state index contributed by atoms with van der Waals surface area (Å²) >= 11 is 0. The third kappa shape index (κ3) is 2.44. The number of aliphatic hydroxyl groups is 1. The van der Waals surface area contributed by atoms with Gasteiger partial charge in [-0.15, -0.1) is 0 Å². The van der Waals surface area contributed by atoms with Crippen LogP contribution in [0.1, 0.15) is 27.0 Å². The highest BCUT2D eigenvalue weighted by Gasteiger charge is 2.49. The Morgan fingerprint density at radius 3 is 2.68 bits per heavy atom. The van der Waals surface area contributed by atoms with Crippen molar-refractivity contribution in [2.45, 2.75) is 12.3 Å². The Hall–Kier alpha value is -3.44. The number of hydrogen-bond donors (Lipinski definition) is 2. The fourth-order valence-corrected chi connectivity index (χ4v) is 3.98. The smallest absolute Gasteiger partial charge is 0.257 e. The number of rotatable bonds is 3. The second-order valence-corrected chi connectivity index (χ2v) is 7.02. The van der Waals surface area contributed by atoms with Crippen molar-refractivity contribution < 1.29 is 9.90 Å². The molecule has 0 fully saturated rings. The quantitative estimate of drug-likeness (QED) is 0.740. The van der Waals surface area contributed by atoms with Crippen LogP contribution in [0.25, 0.3) is 0 Å². The molecule has 5 heteroatoms. The Balaban J connectivity index is 1.67. The Morgan fingerprint density at radius 1 is 1.04 bits per heavy atom.